The molecule has 0 saturated carbocycles. The molecule has 1 aromatic carbocycles. The van der Waals surface area contributed by atoms with Gasteiger partial charge in [0.1, 0.15) is 6.04 Å². The SMILES string of the molecule is O=C1CCC(C(=O)NCc2ccc(COC3CCOCC3)cc2)N1. The summed E-state index contributed by atoms with van der Waals surface area (Å²) in [7, 11) is 0. The van der Waals surface area contributed by atoms with Gasteiger partial charge in [0.2, 0.25) is 11.8 Å². The zero-order valence-corrected chi connectivity index (χ0v) is 13.8. The normalized spacial score (nSPS) is 21.5. The minimum absolute atomic E-state index is 0.0518. The first kappa shape index (κ1) is 16.9. The third-order valence-corrected chi connectivity index (χ3v) is 4.46. The molecule has 2 aliphatic heterocycles. The quantitative estimate of drug-likeness (QED) is 0.823. The summed E-state index contributed by atoms with van der Waals surface area (Å²) in [5, 5.41) is 5.54. The Bertz CT molecular complexity index is 567. The van der Waals surface area contributed by atoms with E-state index >= 15 is 0 Å². The summed E-state index contributed by atoms with van der Waals surface area (Å²) in [6.45, 7) is 2.63. The van der Waals surface area contributed by atoms with E-state index in [0.29, 0.717) is 32.1 Å². The summed E-state index contributed by atoms with van der Waals surface area (Å²) in [6.07, 6.45) is 3.22. The monoisotopic (exact) mass is 332 g/mol. The average Bonchev–Trinajstić information content (AvgIpc) is 3.06. The number of rotatable bonds is 6. The third kappa shape index (κ3) is 4.79. The van der Waals surface area contributed by atoms with E-state index < -0.39 is 0 Å². The molecular formula is C18H24N2O4. The van der Waals surface area contributed by atoms with Crippen LogP contribution in [-0.4, -0.2) is 37.2 Å². The Morgan fingerprint density at radius 2 is 1.88 bits per heavy atom. The molecule has 0 aromatic heterocycles. The Kier molecular flexibility index (Phi) is 5.82. The van der Waals surface area contributed by atoms with Crippen molar-refractivity contribution >= 4 is 11.8 Å². The minimum Gasteiger partial charge on any atom is -0.381 e. The Balaban J connectivity index is 1.41. The first-order valence-corrected chi connectivity index (χ1v) is 8.55. The molecule has 3 rings (SSSR count). The Morgan fingerprint density at radius 1 is 1.17 bits per heavy atom. The van der Waals surface area contributed by atoms with Gasteiger partial charge in [-0.05, 0) is 30.4 Å². The Morgan fingerprint density at radius 3 is 2.54 bits per heavy atom. The fraction of sp³-hybridized carbons (Fsp3) is 0.556. The van der Waals surface area contributed by atoms with Crippen LogP contribution in [0, 0.1) is 0 Å². The van der Waals surface area contributed by atoms with Crippen molar-refractivity contribution in [2.24, 2.45) is 0 Å². The van der Waals surface area contributed by atoms with Crippen LogP contribution in [0.2, 0.25) is 0 Å². The van der Waals surface area contributed by atoms with Gasteiger partial charge in [-0.3, -0.25) is 9.59 Å². The number of hydrogen-bond acceptors (Lipinski definition) is 4. The van der Waals surface area contributed by atoms with Crippen molar-refractivity contribution in [3.63, 3.8) is 0 Å². The van der Waals surface area contributed by atoms with E-state index in [2.05, 4.69) is 10.6 Å². The highest BCUT2D eigenvalue weighted by molar-refractivity contribution is 5.90. The first-order chi connectivity index (χ1) is 11.7. The third-order valence-electron chi connectivity index (χ3n) is 4.46. The van der Waals surface area contributed by atoms with E-state index in [9.17, 15) is 9.59 Å². The maximum Gasteiger partial charge on any atom is 0.242 e. The topological polar surface area (TPSA) is 76.7 Å². The molecule has 1 unspecified atom stereocenters. The Hall–Kier alpha value is -1.92. The van der Waals surface area contributed by atoms with E-state index in [4.69, 9.17) is 9.47 Å². The van der Waals surface area contributed by atoms with E-state index in [0.717, 1.165) is 37.2 Å². The van der Waals surface area contributed by atoms with Gasteiger partial charge in [0, 0.05) is 26.2 Å². The van der Waals surface area contributed by atoms with E-state index in [1.54, 1.807) is 0 Å². The second kappa shape index (κ2) is 8.26. The lowest BCUT2D eigenvalue weighted by Crippen LogP contribution is -2.41. The summed E-state index contributed by atoms with van der Waals surface area (Å²) in [6, 6.07) is 7.66. The zero-order valence-electron chi connectivity index (χ0n) is 13.8. The number of carbonyl (C=O) groups is 2. The second-order valence-corrected chi connectivity index (χ2v) is 6.32. The van der Waals surface area contributed by atoms with Gasteiger partial charge in [0.15, 0.2) is 0 Å². The van der Waals surface area contributed by atoms with Crippen molar-refractivity contribution < 1.29 is 19.1 Å². The lowest BCUT2D eigenvalue weighted by molar-refractivity contribution is -0.125. The maximum atomic E-state index is 12.0. The highest BCUT2D eigenvalue weighted by atomic mass is 16.5. The van der Waals surface area contributed by atoms with Crippen LogP contribution in [0.3, 0.4) is 0 Å². The average molecular weight is 332 g/mol. The molecular weight excluding hydrogens is 308 g/mol. The number of nitrogens with one attached hydrogen (secondary N) is 2. The van der Waals surface area contributed by atoms with Gasteiger partial charge in [0.05, 0.1) is 12.7 Å². The van der Waals surface area contributed by atoms with Crippen LogP contribution in [0.15, 0.2) is 24.3 Å². The minimum atomic E-state index is -0.385. The van der Waals surface area contributed by atoms with Crippen molar-refractivity contribution in [3.8, 4) is 0 Å². The molecule has 6 heteroatoms. The number of amides is 2. The molecule has 0 aliphatic carbocycles. The molecule has 2 N–H and O–H groups in total. The molecule has 2 amide bonds. The predicted molar refractivity (Wildman–Crippen MR) is 88.1 cm³/mol. The molecule has 130 valence electrons. The maximum absolute atomic E-state index is 12.0. The van der Waals surface area contributed by atoms with Crippen LogP contribution in [0.1, 0.15) is 36.8 Å². The van der Waals surface area contributed by atoms with Crippen LogP contribution in [0.5, 0.6) is 0 Å². The van der Waals surface area contributed by atoms with Gasteiger partial charge in [-0.25, -0.2) is 0 Å². The summed E-state index contributed by atoms with van der Waals surface area (Å²) in [5.74, 6) is -0.170. The van der Waals surface area contributed by atoms with Gasteiger partial charge in [-0.1, -0.05) is 24.3 Å². The summed E-state index contributed by atoms with van der Waals surface area (Å²) < 4.78 is 11.2. The standard InChI is InChI=1S/C18H24N2O4/c21-17-6-5-16(20-17)18(22)19-11-13-1-3-14(4-2-13)12-24-15-7-9-23-10-8-15/h1-4,15-16H,5-12H2,(H,19,22)(H,20,21). The number of hydrogen-bond donors (Lipinski definition) is 2. The molecule has 0 spiro atoms. The predicted octanol–water partition coefficient (Wildman–Crippen LogP) is 1.28. The highest BCUT2D eigenvalue weighted by Gasteiger charge is 2.26. The van der Waals surface area contributed by atoms with Gasteiger partial charge in [0.25, 0.3) is 0 Å². The smallest absolute Gasteiger partial charge is 0.242 e. The van der Waals surface area contributed by atoms with Crippen LogP contribution in [0.25, 0.3) is 0 Å². The van der Waals surface area contributed by atoms with Gasteiger partial charge < -0.3 is 20.1 Å². The molecule has 2 aliphatic rings. The molecule has 1 aromatic rings. The number of ether oxygens (including phenoxy) is 2. The van der Waals surface area contributed by atoms with Gasteiger partial charge >= 0.3 is 0 Å². The molecule has 2 saturated heterocycles. The van der Waals surface area contributed by atoms with Crippen molar-refractivity contribution in [1.29, 1.82) is 0 Å². The van der Waals surface area contributed by atoms with Crippen LogP contribution < -0.4 is 10.6 Å². The first-order valence-electron chi connectivity index (χ1n) is 8.55. The van der Waals surface area contributed by atoms with Crippen LogP contribution >= 0.6 is 0 Å². The molecule has 2 heterocycles. The van der Waals surface area contributed by atoms with E-state index in [1.807, 2.05) is 24.3 Å². The van der Waals surface area contributed by atoms with Crippen LogP contribution in [-0.2, 0) is 32.2 Å². The Labute approximate surface area is 141 Å². The molecule has 1 atom stereocenters. The van der Waals surface area contributed by atoms with Gasteiger partial charge in [-0.2, -0.15) is 0 Å². The summed E-state index contributed by atoms with van der Waals surface area (Å²) in [4.78, 5) is 23.1. The van der Waals surface area contributed by atoms with Crippen molar-refractivity contribution in [3.05, 3.63) is 35.4 Å². The van der Waals surface area contributed by atoms with Crippen molar-refractivity contribution in [1.82, 2.24) is 10.6 Å². The van der Waals surface area contributed by atoms with Crippen LogP contribution in [0.4, 0.5) is 0 Å². The van der Waals surface area contributed by atoms with Gasteiger partial charge in [-0.15, -0.1) is 0 Å². The van der Waals surface area contributed by atoms with Crippen molar-refractivity contribution in [2.45, 2.75) is 51.0 Å². The van der Waals surface area contributed by atoms with E-state index in [1.165, 1.54) is 0 Å². The fourth-order valence-electron chi connectivity index (χ4n) is 2.93. The van der Waals surface area contributed by atoms with E-state index in [-0.39, 0.29) is 17.9 Å². The second-order valence-electron chi connectivity index (χ2n) is 6.32. The lowest BCUT2D eigenvalue weighted by Gasteiger charge is -2.22. The summed E-state index contributed by atoms with van der Waals surface area (Å²) in [5.41, 5.74) is 2.15. The fourth-order valence-corrected chi connectivity index (χ4v) is 2.93. The zero-order chi connectivity index (χ0) is 16.8. The molecule has 0 bridgehead atoms. The summed E-state index contributed by atoms with van der Waals surface area (Å²) >= 11 is 0. The number of benzene rings is 1. The lowest BCUT2D eigenvalue weighted by atomic mass is 10.1. The molecule has 6 nitrogen and oxygen atoms in total. The molecule has 2 fully saturated rings. The molecule has 0 radical (unpaired) electrons. The molecule has 24 heavy (non-hydrogen) atoms. The van der Waals surface area contributed by atoms with Crippen molar-refractivity contribution in [2.75, 3.05) is 13.2 Å². The highest BCUT2D eigenvalue weighted by Crippen LogP contribution is 2.14. The number of carbonyl (C=O) groups excluding carboxylic acids is 2. The largest absolute Gasteiger partial charge is 0.381 e.